The highest BCUT2D eigenvalue weighted by Crippen LogP contribution is 2.18. The Kier molecular flexibility index (Phi) is 4.94. The lowest BCUT2D eigenvalue weighted by Gasteiger charge is -2.30. The third-order valence-corrected chi connectivity index (χ3v) is 4.49. The number of carbonyl (C=O) groups excluding carboxylic acids is 1. The number of amides is 1. The van der Waals surface area contributed by atoms with E-state index in [9.17, 15) is 13.2 Å². The summed E-state index contributed by atoms with van der Waals surface area (Å²) in [6.45, 7) is 4.82. The molecule has 6 heteroatoms. The zero-order chi connectivity index (χ0) is 13.1. The predicted molar refractivity (Wildman–Crippen MR) is 67.0 cm³/mol. The van der Waals surface area contributed by atoms with E-state index in [2.05, 4.69) is 5.32 Å². The minimum atomic E-state index is -3.17. The van der Waals surface area contributed by atoms with Gasteiger partial charge in [0.25, 0.3) is 0 Å². The van der Waals surface area contributed by atoms with E-state index in [1.54, 1.807) is 0 Å². The van der Waals surface area contributed by atoms with Crippen molar-refractivity contribution in [2.24, 2.45) is 5.92 Å². The SMILES string of the molecule is CCC(C)NC(=O)C1CCCN(S(C)(=O)=O)C1. The first-order chi connectivity index (χ1) is 7.84. The molecule has 17 heavy (non-hydrogen) atoms. The molecule has 100 valence electrons. The predicted octanol–water partition coefficient (Wildman–Crippen LogP) is 0.573. The van der Waals surface area contributed by atoms with Crippen molar-refractivity contribution in [1.29, 1.82) is 0 Å². The summed E-state index contributed by atoms with van der Waals surface area (Å²) in [6, 6.07) is 0.149. The second-order valence-electron chi connectivity index (χ2n) is 4.78. The molecule has 1 N–H and O–H groups in total. The Balaban J connectivity index is 2.58. The lowest BCUT2D eigenvalue weighted by molar-refractivity contribution is -0.126. The number of sulfonamides is 1. The maximum Gasteiger partial charge on any atom is 0.224 e. The molecule has 0 aromatic carbocycles. The molecule has 2 unspecified atom stereocenters. The molecule has 1 amide bonds. The molecule has 1 aliphatic rings. The monoisotopic (exact) mass is 262 g/mol. The molecule has 1 saturated heterocycles. The van der Waals surface area contributed by atoms with Crippen LogP contribution in [-0.4, -0.2) is 44.0 Å². The van der Waals surface area contributed by atoms with Gasteiger partial charge in [-0.1, -0.05) is 6.92 Å². The van der Waals surface area contributed by atoms with Crippen LogP contribution in [0.15, 0.2) is 0 Å². The van der Waals surface area contributed by atoms with Gasteiger partial charge in [0.15, 0.2) is 0 Å². The average molecular weight is 262 g/mol. The van der Waals surface area contributed by atoms with Crippen LogP contribution >= 0.6 is 0 Å². The highest BCUT2D eigenvalue weighted by atomic mass is 32.2. The fourth-order valence-electron chi connectivity index (χ4n) is 1.92. The van der Waals surface area contributed by atoms with Crippen molar-refractivity contribution in [2.45, 2.75) is 39.2 Å². The van der Waals surface area contributed by atoms with E-state index >= 15 is 0 Å². The fourth-order valence-corrected chi connectivity index (χ4v) is 2.83. The first-order valence-corrected chi connectivity index (χ1v) is 7.95. The van der Waals surface area contributed by atoms with Gasteiger partial charge < -0.3 is 5.32 Å². The zero-order valence-corrected chi connectivity index (χ0v) is 11.6. The van der Waals surface area contributed by atoms with Gasteiger partial charge in [-0.3, -0.25) is 4.79 Å². The molecule has 0 spiro atoms. The van der Waals surface area contributed by atoms with Crippen LogP contribution in [0.2, 0.25) is 0 Å². The van der Waals surface area contributed by atoms with Gasteiger partial charge >= 0.3 is 0 Å². The van der Waals surface area contributed by atoms with Crippen molar-refractivity contribution in [2.75, 3.05) is 19.3 Å². The molecule has 0 aliphatic carbocycles. The Bertz CT molecular complexity index is 367. The Hall–Kier alpha value is -0.620. The van der Waals surface area contributed by atoms with E-state index in [0.717, 1.165) is 19.3 Å². The van der Waals surface area contributed by atoms with E-state index in [1.165, 1.54) is 10.6 Å². The fraction of sp³-hybridized carbons (Fsp3) is 0.909. The van der Waals surface area contributed by atoms with Gasteiger partial charge in [0.2, 0.25) is 15.9 Å². The van der Waals surface area contributed by atoms with Crippen molar-refractivity contribution in [3.63, 3.8) is 0 Å². The molecule has 0 aromatic rings. The molecule has 5 nitrogen and oxygen atoms in total. The quantitative estimate of drug-likeness (QED) is 0.805. The van der Waals surface area contributed by atoms with E-state index < -0.39 is 10.0 Å². The van der Waals surface area contributed by atoms with Crippen LogP contribution in [0.4, 0.5) is 0 Å². The average Bonchev–Trinajstić information content (AvgIpc) is 2.28. The standard InChI is InChI=1S/C11H22N2O3S/c1-4-9(2)12-11(14)10-6-5-7-13(8-10)17(3,15)16/h9-10H,4-8H2,1-3H3,(H,12,14). The topological polar surface area (TPSA) is 66.5 Å². The first-order valence-electron chi connectivity index (χ1n) is 6.10. The van der Waals surface area contributed by atoms with Gasteiger partial charge in [0.05, 0.1) is 12.2 Å². The third kappa shape index (κ3) is 4.27. The molecule has 0 saturated carbocycles. The van der Waals surface area contributed by atoms with Gasteiger partial charge in [-0.2, -0.15) is 0 Å². The van der Waals surface area contributed by atoms with Crippen molar-refractivity contribution >= 4 is 15.9 Å². The van der Waals surface area contributed by atoms with Crippen LogP contribution in [0, 0.1) is 5.92 Å². The van der Waals surface area contributed by atoms with Gasteiger partial charge in [-0.15, -0.1) is 0 Å². The second-order valence-corrected chi connectivity index (χ2v) is 6.76. The highest BCUT2D eigenvalue weighted by molar-refractivity contribution is 7.88. The number of rotatable bonds is 4. The summed E-state index contributed by atoms with van der Waals surface area (Å²) in [6.07, 6.45) is 3.61. The molecular formula is C11H22N2O3S. The summed E-state index contributed by atoms with van der Waals surface area (Å²) in [5.41, 5.74) is 0. The Morgan fingerprint density at radius 2 is 2.18 bits per heavy atom. The summed E-state index contributed by atoms with van der Waals surface area (Å²) >= 11 is 0. The Morgan fingerprint density at radius 1 is 1.53 bits per heavy atom. The maximum atomic E-state index is 11.9. The van der Waals surface area contributed by atoms with Crippen LogP contribution < -0.4 is 5.32 Å². The van der Waals surface area contributed by atoms with Gasteiger partial charge in [0.1, 0.15) is 0 Å². The highest BCUT2D eigenvalue weighted by Gasteiger charge is 2.30. The minimum Gasteiger partial charge on any atom is -0.353 e. The molecule has 0 bridgehead atoms. The summed E-state index contributed by atoms with van der Waals surface area (Å²) in [7, 11) is -3.17. The molecule has 1 aliphatic heterocycles. The number of nitrogens with zero attached hydrogens (tertiary/aromatic N) is 1. The molecular weight excluding hydrogens is 240 g/mol. The van der Waals surface area contributed by atoms with Crippen molar-refractivity contribution in [1.82, 2.24) is 9.62 Å². The van der Waals surface area contributed by atoms with E-state index in [4.69, 9.17) is 0 Å². The zero-order valence-electron chi connectivity index (χ0n) is 10.8. The maximum absolute atomic E-state index is 11.9. The van der Waals surface area contributed by atoms with Gasteiger partial charge in [-0.05, 0) is 26.2 Å². The van der Waals surface area contributed by atoms with E-state index in [1.807, 2.05) is 13.8 Å². The Labute approximate surface area is 104 Å². The third-order valence-electron chi connectivity index (χ3n) is 3.22. The van der Waals surface area contributed by atoms with Crippen LogP contribution in [-0.2, 0) is 14.8 Å². The number of carbonyl (C=O) groups is 1. The van der Waals surface area contributed by atoms with Crippen molar-refractivity contribution < 1.29 is 13.2 Å². The minimum absolute atomic E-state index is 0.0206. The summed E-state index contributed by atoms with van der Waals surface area (Å²) in [5, 5.41) is 2.91. The lowest BCUT2D eigenvalue weighted by Crippen LogP contribution is -2.46. The van der Waals surface area contributed by atoms with Crippen LogP contribution in [0.1, 0.15) is 33.1 Å². The van der Waals surface area contributed by atoms with E-state index in [0.29, 0.717) is 13.1 Å². The van der Waals surface area contributed by atoms with Gasteiger partial charge in [-0.25, -0.2) is 12.7 Å². The smallest absolute Gasteiger partial charge is 0.224 e. The molecule has 2 atom stereocenters. The molecule has 0 radical (unpaired) electrons. The second kappa shape index (κ2) is 5.82. The van der Waals surface area contributed by atoms with Crippen LogP contribution in [0.3, 0.4) is 0 Å². The Morgan fingerprint density at radius 3 is 2.71 bits per heavy atom. The molecule has 1 rings (SSSR count). The molecule has 1 fully saturated rings. The van der Waals surface area contributed by atoms with Gasteiger partial charge in [0, 0.05) is 19.1 Å². The molecule has 1 heterocycles. The molecule has 0 aromatic heterocycles. The first kappa shape index (κ1) is 14.4. The number of hydrogen-bond acceptors (Lipinski definition) is 3. The number of nitrogens with one attached hydrogen (secondary N) is 1. The summed E-state index contributed by atoms with van der Waals surface area (Å²) in [5.74, 6) is -0.222. The number of hydrogen-bond donors (Lipinski definition) is 1. The summed E-state index contributed by atoms with van der Waals surface area (Å²) in [4.78, 5) is 11.9. The lowest BCUT2D eigenvalue weighted by atomic mass is 9.98. The van der Waals surface area contributed by atoms with Crippen molar-refractivity contribution in [3.05, 3.63) is 0 Å². The largest absolute Gasteiger partial charge is 0.353 e. The van der Waals surface area contributed by atoms with Crippen LogP contribution in [0.25, 0.3) is 0 Å². The van der Waals surface area contributed by atoms with Crippen molar-refractivity contribution in [3.8, 4) is 0 Å². The normalized spacial score (nSPS) is 24.3. The number of piperidine rings is 1. The van der Waals surface area contributed by atoms with Crippen LogP contribution in [0.5, 0.6) is 0 Å². The van der Waals surface area contributed by atoms with E-state index in [-0.39, 0.29) is 17.9 Å². The summed E-state index contributed by atoms with van der Waals surface area (Å²) < 4.78 is 24.3.